The van der Waals surface area contributed by atoms with E-state index in [9.17, 15) is 0 Å². The lowest BCUT2D eigenvalue weighted by Crippen LogP contribution is -2.28. The van der Waals surface area contributed by atoms with Crippen molar-refractivity contribution in [2.24, 2.45) is 5.84 Å². The van der Waals surface area contributed by atoms with Crippen LogP contribution in [0.4, 0.5) is 0 Å². The van der Waals surface area contributed by atoms with Gasteiger partial charge >= 0.3 is 0 Å². The molecule has 0 bridgehead atoms. The summed E-state index contributed by atoms with van der Waals surface area (Å²) >= 11 is 5.50. The molecule has 1 aromatic carbocycles. The first-order chi connectivity index (χ1) is 5.33. The molecule has 0 atom stereocenters. The van der Waals surface area contributed by atoms with Crippen molar-refractivity contribution in [1.82, 2.24) is 5.01 Å². The largest absolute Gasteiger partial charge is 0.267 e. The van der Waals surface area contributed by atoms with Gasteiger partial charge in [0.15, 0.2) is 0 Å². The van der Waals surface area contributed by atoms with Crippen molar-refractivity contribution in [3.05, 3.63) is 35.9 Å². The Labute approximate surface area is 71.5 Å². The van der Waals surface area contributed by atoms with Crippen molar-refractivity contribution in [2.75, 3.05) is 6.00 Å². The molecule has 0 radical (unpaired) electrons. The van der Waals surface area contributed by atoms with Crippen LogP contribution in [-0.2, 0) is 6.54 Å². The summed E-state index contributed by atoms with van der Waals surface area (Å²) in [6.07, 6.45) is 0. The average Bonchev–Trinajstić information content (AvgIpc) is 2.06. The van der Waals surface area contributed by atoms with Crippen molar-refractivity contribution in [2.45, 2.75) is 6.54 Å². The minimum Gasteiger partial charge on any atom is -0.267 e. The molecule has 0 amide bonds. The van der Waals surface area contributed by atoms with Crippen LogP contribution >= 0.6 is 11.6 Å². The Balaban J connectivity index is 2.51. The van der Waals surface area contributed by atoms with Gasteiger partial charge in [0.25, 0.3) is 0 Å². The summed E-state index contributed by atoms with van der Waals surface area (Å²) in [4.78, 5) is 0. The van der Waals surface area contributed by atoms with Gasteiger partial charge in [-0.3, -0.25) is 5.84 Å². The van der Waals surface area contributed by atoms with Crippen molar-refractivity contribution < 1.29 is 0 Å². The first-order valence-corrected chi connectivity index (χ1v) is 3.96. The topological polar surface area (TPSA) is 29.3 Å². The molecule has 1 aromatic rings. The van der Waals surface area contributed by atoms with E-state index < -0.39 is 0 Å². The minimum absolute atomic E-state index is 0.356. The maximum Gasteiger partial charge on any atom is 0.0876 e. The highest BCUT2D eigenvalue weighted by atomic mass is 35.5. The fraction of sp³-hybridized carbons (Fsp3) is 0.250. The summed E-state index contributed by atoms with van der Waals surface area (Å²) in [7, 11) is 0. The Bertz CT molecular complexity index is 201. The highest BCUT2D eigenvalue weighted by Gasteiger charge is 1.96. The molecule has 0 aliphatic carbocycles. The van der Waals surface area contributed by atoms with Crippen LogP contribution in [0.15, 0.2) is 30.3 Å². The first kappa shape index (κ1) is 8.53. The monoisotopic (exact) mass is 170 g/mol. The number of hydrogen-bond acceptors (Lipinski definition) is 2. The van der Waals surface area contributed by atoms with Crippen LogP contribution in [0.3, 0.4) is 0 Å². The van der Waals surface area contributed by atoms with Gasteiger partial charge in [-0.1, -0.05) is 30.3 Å². The van der Waals surface area contributed by atoms with E-state index in [-0.39, 0.29) is 0 Å². The molecular weight excluding hydrogens is 160 g/mol. The molecule has 2 nitrogen and oxygen atoms in total. The molecule has 0 aliphatic rings. The van der Waals surface area contributed by atoms with E-state index in [2.05, 4.69) is 0 Å². The molecule has 60 valence electrons. The van der Waals surface area contributed by atoms with E-state index in [0.717, 1.165) is 0 Å². The van der Waals surface area contributed by atoms with Crippen LogP contribution in [0, 0.1) is 0 Å². The van der Waals surface area contributed by atoms with E-state index in [1.165, 1.54) is 5.56 Å². The third-order valence-corrected chi connectivity index (χ3v) is 1.69. The second-order valence-corrected chi connectivity index (χ2v) is 2.59. The van der Waals surface area contributed by atoms with Gasteiger partial charge in [-0.25, -0.2) is 5.01 Å². The summed E-state index contributed by atoms with van der Waals surface area (Å²) in [5, 5.41) is 1.55. The molecule has 11 heavy (non-hydrogen) atoms. The number of nitrogens with zero attached hydrogens (tertiary/aromatic N) is 1. The highest BCUT2D eigenvalue weighted by molar-refractivity contribution is 6.17. The zero-order valence-corrected chi connectivity index (χ0v) is 6.96. The smallest absolute Gasteiger partial charge is 0.0876 e. The Morgan fingerprint density at radius 1 is 1.27 bits per heavy atom. The second-order valence-electron chi connectivity index (χ2n) is 2.35. The van der Waals surface area contributed by atoms with Crippen LogP contribution in [-0.4, -0.2) is 11.0 Å². The molecule has 0 aliphatic heterocycles. The standard InChI is InChI=1S/C8H11ClN2/c9-7-11(10)6-8-4-2-1-3-5-8/h1-5H,6-7,10H2. The summed E-state index contributed by atoms with van der Waals surface area (Å²) in [5.74, 6) is 5.51. The number of halogens is 1. The van der Waals surface area contributed by atoms with Crippen molar-refractivity contribution in [3.63, 3.8) is 0 Å². The highest BCUT2D eigenvalue weighted by Crippen LogP contribution is 2.00. The number of nitrogens with two attached hydrogens (primary N) is 1. The number of hydrogen-bond donors (Lipinski definition) is 1. The Hall–Kier alpha value is -0.570. The third-order valence-electron chi connectivity index (χ3n) is 1.38. The van der Waals surface area contributed by atoms with Gasteiger partial charge in [0.1, 0.15) is 0 Å². The second kappa shape index (κ2) is 4.34. The van der Waals surface area contributed by atoms with E-state index in [1.54, 1.807) is 5.01 Å². The molecular formula is C8H11ClN2. The molecule has 0 unspecified atom stereocenters. The molecule has 1 rings (SSSR count). The summed E-state index contributed by atoms with van der Waals surface area (Å²) in [6, 6.07) is 10.3. The van der Waals surface area contributed by atoms with Crippen LogP contribution in [0.2, 0.25) is 0 Å². The van der Waals surface area contributed by atoms with Crippen LogP contribution < -0.4 is 5.84 Å². The molecule has 0 saturated carbocycles. The van der Waals surface area contributed by atoms with Crippen LogP contribution in [0.1, 0.15) is 5.56 Å². The number of hydrazine groups is 1. The number of rotatable bonds is 3. The van der Waals surface area contributed by atoms with E-state index in [0.29, 0.717) is 12.5 Å². The lowest BCUT2D eigenvalue weighted by molar-refractivity contribution is 0.323. The van der Waals surface area contributed by atoms with Gasteiger partial charge in [-0.15, -0.1) is 11.6 Å². The lowest BCUT2D eigenvalue weighted by atomic mass is 10.2. The normalized spacial score (nSPS) is 10.5. The SMILES string of the molecule is NN(CCl)Cc1ccccc1. The summed E-state index contributed by atoms with van der Waals surface area (Å²) < 4.78 is 0. The molecule has 0 spiro atoms. The molecule has 3 heteroatoms. The van der Waals surface area contributed by atoms with Crippen LogP contribution in [0.5, 0.6) is 0 Å². The van der Waals surface area contributed by atoms with Gasteiger partial charge in [-0.05, 0) is 5.56 Å². The van der Waals surface area contributed by atoms with E-state index in [1.807, 2.05) is 30.3 Å². The van der Waals surface area contributed by atoms with Crippen molar-refractivity contribution in [1.29, 1.82) is 0 Å². The van der Waals surface area contributed by atoms with Gasteiger partial charge in [0.2, 0.25) is 0 Å². The maximum absolute atomic E-state index is 5.51. The average molecular weight is 171 g/mol. The quantitative estimate of drug-likeness (QED) is 0.323. The van der Waals surface area contributed by atoms with Crippen LogP contribution in [0.25, 0.3) is 0 Å². The molecule has 0 aromatic heterocycles. The molecule has 0 fully saturated rings. The maximum atomic E-state index is 5.51. The predicted molar refractivity (Wildman–Crippen MR) is 46.9 cm³/mol. The fourth-order valence-electron chi connectivity index (χ4n) is 0.860. The molecule has 2 N–H and O–H groups in total. The lowest BCUT2D eigenvalue weighted by Gasteiger charge is -2.11. The van der Waals surface area contributed by atoms with Crippen molar-refractivity contribution >= 4 is 11.6 Å². The molecule has 0 saturated heterocycles. The van der Waals surface area contributed by atoms with Crippen molar-refractivity contribution in [3.8, 4) is 0 Å². The third kappa shape index (κ3) is 2.89. The van der Waals surface area contributed by atoms with Gasteiger partial charge in [-0.2, -0.15) is 0 Å². The van der Waals surface area contributed by atoms with Gasteiger partial charge in [0.05, 0.1) is 6.00 Å². The zero-order chi connectivity index (χ0) is 8.10. The predicted octanol–water partition coefficient (Wildman–Crippen LogP) is 1.56. The number of alkyl halides is 1. The van der Waals surface area contributed by atoms with Gasteiger partial charge < -0.3 is 0 Å². The fourth-order valence-corrected chi connectivity index (χ4v) is 0.945. The summed E-state index contributed by atoms with van der Waals surface area (Å²) in [5.41, 5.74) is 1.18. The zero-order valence-electron chi connectivity index (χ0n) is 6.20. The number of benzene rings is 1. The summed E-state index contributed by atoms with van der Waals surface area (Å²) in [6.45, 7) is 0.699. The Morgan fingerprint density at radius 2 is 1.91 bits per heavy atom. The Morgan fingerprint density at radius 3 is 2.45 bits per heavy atom. The first-order valence-electron chi connectivity index (χ1n) is 3.42. The molecule has 0 heterocycles. The van der Waals surface area contributed by atoms with Gasteiger partial charge in [0, 0.05) is 6.54 Å². The Kier molecular flexibility index (Phi) is 3.36. The van der Waals surface area contributed by atoms with E-state index in [4.69, 9.17) is 17.4 Å². The minimum atomic E-state index is 0.356. The van der Waals surface area contributed by atoms with E-state index >= 15 is 0 Å².